The van der Waals surface area contributed by atoms with E-state index in [2.05, 4.69) is 20.6 Å². The van der Waals surface area contributed by atoms with Crippen LogP contribution >= 0.6 is 0 Å². The highest BCUT2D eigenvalue weighted by Crippen LogP contribution is 2.27. The lowest BCUT2D eigenvalue weighted by atomic mass is 10.1. The van der Waals surface area contributed by atoms with Crippen LogP contribution in [0.2, 0.25) is 0 Å². The van der Waals surface area contributed by atoms with Crippen molar-refractivity contribution < 1.29 is 13.5 Å². The minimum absolute atomic E-state index is 0.153. The lowest BCUT2D eigenvalue weighted by molar-refractivity contribution is 0.147. The summed E-state index contributed by atoms with van der Waals surface area (Å²) in [4.78, 5) is 12.0. The molecule has 0 saturated heterocycles. The van der Waals surface area contributed by atoms with Crippen LogP contribution in [0.1, 0.15) is 17.6 Å². The molecule has 0 aliphatic heterocycles. The molecule has 0 bridgehead atoms. The number of hydrogen-bond donors (Lipinski definition) is 1. The van der Waals surface area contributed by atoms with Gasteiger partial charge in [0.1, 0.15) is 6.61 Å². The molecule has 2 aromatic heterocycles. The summed E-state index contributed by atoms with van der Waals surface area (Å²) in [7, 11) is 1.42. The van der Waals surface area contributed by atoms with Crippen molar-refractivity contribution in [2.75, 3.05) is 0 Å². The molecule has 0 unspecified atom stereocenters. The van der Waals surface area contributed by atoms with Gasteiger partial charge in [0.05, 0.1) is 11.9 Å². The van der Waals surface area contributed by atoms with Gasteiger partial charge in [-0.2, -0.15) is 14.5 Å². The van der Waals surface area contributed by atoms with Crippen LogP contribution in [0.4, 0.5) is 8.78 Å². The molecule has 23 heavy (non-hydrogen) atoms. The Kier molecular flexibility index (Phi) is 3.87. The maximum absolute atomic E-state index is 13.3. The van der Waals surface area contributed by atoms with E-state index in [0.717, 1.165) is 9.36 Å². The molecule has 3 rings (SSSR count). The fourth-order valence-corrected chi connectivity index (χ4v) is 2.09. The number of halogens is 2. The van der Waals surface area contributed by atoms with Crippen LogP contribution < -0.4 is 10.4 Å². The molecule has 3 aromatic rings. The number of nitrogens with zero attached hydrogens (tertiary/aromatic N) is 5. The van der Waals surface area contributed by atoms with E-state index in [9.17, 15) is 13.6 Å². The van der Waals surface area contributed by atoms with Crippen LogP contribution in [0.25, 0.3) is 5.69 Å². The zero-order valence-electron chi connectivity index (χ0n) is 12.0. The molecule has 1 N–H and O–H groups in total. The Labute approximate surface area is 128 Å². The molecule has 0 saturated carbocycles. The summed E-state index contributed by atoms with van der Waals surface area (Å²) in [5.74, 6) is 0.325. The SMILES string of the molecule is Cn1nnn(-c2cccc(C(F)F)c2COc2ccn[nH]2)c1=O. The van der Waals surface area contributed by atoms with Crippen molar-refractivity contribution in [2.45, 2.75) is 13.0 Å². The molecule has 2 heterocycles. The molecule has 0 atom stereocenters. The summed E-state index contributed by atoms with van der Waals surface area (Å²) >= 11 is 0. The Morgan fingerprint density at radius 1 is 1.30 bits per heavy atom. The van der Waals surface area contributed by atoms with Crippen molar-refractivity contribution in [1.29, 1.82) is 0 Å². The number of tetrazole rings is 1. The highest BCUT2D eigenvalue weighted by molar-refractivity contribution is 5.45. The molecular formula is C13H12F2N6O2. The second-order valence-corrected chi connectivity index (χ2v) is 4.65. The fourth-order valence-electron chi connectivity index (χ4n) is 2.09. The van der Waals surface area contributed by atoms with Crippen LogP contribution in [0.15, 0.2) is 35.3 Å². The molecule has 0 aliphatic rings. The summed E-state index contributed by atoms with van der Waals surface area (Å²) in [6.07, 6.45) is -1.25. The number of ether oxygens (including phenoxy) is 1. The van der Waals surface area contributed by atoms with Gasteiger partial charge in [-0.25, -0.2) is 18.7 Å². The zero-order chi connectivity index (χ0) is 16.4. The standard InChI is InChI=1S/C13H12F2N6O2/c1-20-13(22)21(19-18-20)10-4-2-3-8(12(14)15)9(10)7-23-11-5-6-16-17-11/h2-6,12H,7H2,1H3,(H,16,17). The molecule has 8 nitrogen and oxygen atoms in total. The number of aromatic amines is 1. The number of benzene rings is 1. The summed E-state index contributed by atoms with van der Waals surface area (Å²) in [6.45, 7) is -0.180. The number of hydrogen-bond acceptors (Lipinski definition) is 5. The number of nitrogens with one attached hydrogen (secondary N) is 1. The molecule has 0 aliphatic carbocycles. The number of rotatable bonds is 5. The van der Waals surface area contributed by atoms with Crippen molar-refractivity contribution in [1.82, 2.24) is 30.0 Å². The second kappa shape index (κ2) is 5.99. The van der Waals surface area contributed by atoms with Crippen LogP contribution in [-0.4, -0.2) is 30.0 Å². The zero-order valence-corrected chi connectivity index (χ0v) is 12.0. The Morgan fingerprint density at radius 2 is 2.13 bits per heavy atom. The van der Waals surface area contributed by atoms with E-state index >= 15 is 0 Å². The minimum atomic E-state index is -2.72. The average molecular weight is 322 g/mol. The first kappa shape index (κ1) is 14.9. The third kappa shape index (κ3) is 2.82. The van der Waals surface area contributed by atoms with Crippen molar-refractivity contribution in [3.05, 3.63) is 52.1 Å². The first-order valence-electron chi connectivity index (χ1n) is 6.59. The Morgan fingerprint density at radius 3 is 2.74 bits per heavy atom. The van der Waals surface area contributed by atoms with Crippen molar-refractivity contribution in [2.24, 2.45) is 7.05 Å². The second-order valence-electron chi connectivity index (χ2n) is 4.65. The van der Waals surface area contributed by atoms with Gasteiger partial charge in [-0.15, -0.1) is 0 Å². The van der Waals surface area contributed by atoms with Crippen LogP contribution in [-0.2, 0) is 13.7 Å². The van der Waals surface area contributed by atoms with E-state index < -0.39 is 12.1 Å². The van der Waals surface area contributed by atoms with Crippen LogP contribution in [0.3, 0.4) is 0 Å². The van der Waals surface area contributed by atoms with Crippen molar-refractivity contribution in [3.63, 3.8) is 0 Å². The van der Waals surface area contributed by atoms with Gasteiger partial charge in [-0.3, -0.25) is 0 Å². The smallest absolute Gasteiger partial charge is 0.368 e. The summed E-state index contributed by atoms with van der Waals surface area (Å²) < 4.78 is 34.0. The Hall–Kier alpha value is -3.04. The molecule has 10 heteroatoms. The molecule has 0 spiro atoms. The van der Waals surface area contributed by atoms with E-state index in [1.807, 2.05) is 0 Å². The quantitative estimate of drug-likeness (QED) is 0.762. The van der Waals surface area contributed by atoms with E-state index in [4.69, 9.17) is 4.74 Å². The van der Waals surface area contributed by atoms with Gasteiger partial charge in [0.2, 0.25) is 5.88 Å². The molecule has 0 radical (unpaired) electrons. The summed E-state index contributed by atoms with van der Waals surface area (Å²) in [5, 5.41) is 13.6. The minimum Gasteiger partial charge on any atom is -0.473 e. The Balaban J connectivity index is 2.06. The molecule has 120 valence electrons. The maximum Gasteiger partial charge on any atom is 0.368 e. The molecule has 0 fully saturated rings. The van der Waals surface area contributed by atoms with E-state index in [1.54, 1.807) is 6.07 Å². The topological polar surface area (TPSA) is 90.6 Å². The van der Waals surface area contributed by atoms with Gasteiger partial charge in [0.25, 0.3) is 6.43 Å². The molecular weight excluding hydrogens is 310 g/mol. The molecule has 1 aromatic carbocycles. The van der Waals surface area contributed by atoms with Gasteiger partial charge in [-0.05, 0) is 16.5 Å². The number of aromatic nitrogens is 6. The predicted molar refractivity (Wildman–Crippen MR) is 74.5 cm³/mol. The third-order valence-corrected chi connectivity index (χ3v) is 3.22. The van der Waals surface area contributed by atoms with Crippen LogP contribution in [0.5, 0.6) is 5.88 Å². The molecule has 0 amide bonds. The summed E-state index contributed by atoms with van der Waals surface area (Å²) in [6, 6.07) is 5.77. The largest absolute Gasteiger partial charge is 0.473 e. The monoisotopic (exact) mass is 322 g/mol. The van der Waals surface area contributed by atoms with E-state index in [-0.39, 0.29) is 23.4 Å². The van der Waals surface area contributed by atoms with Gasteiger partial charge >= 0.3 is 5.69 Å². The van der Waals surface area contributed by atoms with Gasteiger partial charge in [-0.1, -0.05) is 12.1 Å². The van der Waals surface area contributed by atoms with Crippen LogP contribution in [0, 0.1) is 0 Å². The Bertz CT molecular complexity index is 856. The first-order chi connectivity index (χ1) is 11.1. The highest BCUT2D eigenvalue weighted by atomic mass is 19.3. The van der Waals surface area contributed by atoms with Crippen molar-refractivity contribution in [3.8, 4) is 11.6 Å². The van der Waals surface area contributed by atoms with Gasteiger partial charge in [0.15, 0.2) is 0 Å². The van der Waals surface area contributed by atoms with Gasteiger partial charge in [0, 0.05) is 24.2 Å². The van der Waals surface area contributed by atoms with E-state index in [1.165, 1.54) is 31.4 Å². The number of H-pyrrole nitrogens is 1. The number of alkyl halides is 2. The predicted octanol–water partition coefficient (Wildman–Crippen LogP) is 1.21. The average Bonchev–Trinajstić information content (AvgIpc) is 3.16. The van der Waals surface area contributed by atoms with Crippen molar-refractivity contribution >= 4 is 0 Å². The highest BCUT2D eigenvalue weighted by Gasteiger charge is 2.20. The normalized spacial score (nSPS) is 11.1. The fraction of sp³-hybridized carbons (Fsp3) is 0.231. The maximum atomic E-state index is 13.3. The number of aryl methyl sites for hydroxylation is 1. The first-order valence-corrected chi connectivity index (χ1v) is 6.59. The lowest BCUT2D eigenvalue weighted by Crippen LogP contribution is -2.23. The van der Waals surface area contributed by atoms with E-state index in [0.29, 0.717) is 5.88 Å². The van der Waals surface area contributed by atoms with Gasteiger partial charge < -0.3 is 4.74 Å². The summed E-state index contributed by atoms with van der Waals surface area (Å²) in [5.41, 5.74) is -0.432. The lowest BCUT2D eigenvalue weighted by Gasteiger charge is -2.13. The third-order valence-electron chi connectivity index (χ3n) is 3.22.